The number of nitrogens with one attached hydrogen (secondary N) is 1. The smallest absolute Gasteiger partial charge is 0.263 e. The van der Waals surface area contributed by atoms with Crippen LogP contribution >= 0.6 is 0 Å². The van der Waals surface area contributed by atoms with Crippen LogP contribution in [0.1, 0.15) is 31.0 Å². The van der Waals surface area contributed by atoms with Gasteiger partial charge in [0.25, 0.3) is 5.71 Å². The molecule has 1 atom stereocenters. The molecule has 1 aliphatic heterocycles. The van der Waals surface area contributed by atoms with Gasteiger partial charge in [-0.2, -0.15) is 4.98 Å². The van der Waals surface area contributed by atoms with Gasteiger partial charge in [0, 0.05) is 18.8 Å². The molecule has 1 N–H and O–H groups in total. The van der Waals surface area contributed by atoms with E-state index >= 15 is 0 Å². The molecule has 0 aliphatic carbocycles. The summed E-state index contributed by atoms with van der Waals surface area (Å²) < 4.78 is 5.25. The highest BCUT2D eigenvalue weighted by Crippen LogP contribution is 2.29. The SMILES string of the molecule is CCc1cccc(NC(=O)[C@H]2CCCN(c3ncnc4onc(C)c34)C2)c1. The Morgan fingerprint density at radius 1 is 1.37 bits per heavy atom. The molecule has 0 unspecified atom stereocenters. The second kappa shape index (κ2) is 7.34. The Kier molecular flexibility index (Phi) is 4.75. The lowest BCUT2D eigenvalue weighted by molar-refractivity contribution is -0.120. The lowest BCUT2D eigenvalue weighted by atomic mass is 9.96. The van der Waals surface area contributed by atoms with E-state index in [4.69, 9.17) is 4.52 Å². The fraction of sp³-hybridized carbons (Fsp3) is 0.400. The number of carbonyl (C=O) groups is 1. The minimum Gasteiger partial charge on any atom is -0.355 e. The Labute approximate surface area is 157 Å². The molecular formula is C20H23N5O2. The van der Waals surface area contributed by atoms with Crippen LogP contribution in [0.25, 0.3) is 11.1 Å². The molecule has 4 rings (SSSR count). The summed E-state index contributed by atoms with van der Waals surface area (Å²) in [6, 6.07) is 8.02. The predicted octanol–water partition coefficient (Wildman–Crippen LogP) is 3.34. The molecule has 0 saturated carbocycles. The summed E-state index contributed by atoms with van der Waals surface area (Å²) in [4.78, 5) is 23.6. The van der Waals surface area contributed by atoms with Gasteiger partial charge in [-0.05, 0) is 43.9 Å². The topological polar surface area (TPSA) is 84.2 Å². The van der Waals surface area contributed by atoms with Crippen LogP contribution in [0.2, 0.25) is 0 Å². The van der Waals surface area contributed by atoms with E-state index < -0.39 is 0 Å². The molecule has 7 heteroatoms. The summed E-state index contributed by atoms with van der Waals surface area (Å²) in [5.41, 5.74) is 3.32. The van der Waals surface area contributed by atoms with Gasteiger partial charge in [-0.15, -0.1) is 0 Å². The first-order chi connectivity index (χ1) is 13.2. The van der Waals surface area contributed by atoms with Gasteiger partial charge in [-0.25, -0.2) is 4.98 Å². The highest BCUT2D eigenvalue weighted by molar-refractivity contribution is 5.94. The molecule has 3 heterocycles. The first-order valence-corrected chi connectivity index (χ1v) is 9.37. The number of amides is 1. The van der Waals surface area contributed by atoms with Crippen molar-refractivity contribution >= 4 is 28.5 Å². The minimum atomic E-state index is -0.0887. The molecule has 140 valence electrons. The zero-order valence-corrected chi connectivity index (χ0v) is 15.6. The van der Waals surface area contributed by atoms with Crippen LogP contribution in [0.5, 0.6) is 0 Å². The van der Waals surface area contributed by atoms with Crippen LogP contribution in [-0.2, 0) is 11.2 Å². The van der Waals surface area contributed by atoms with Crippen molar-refractivity contribution in [3.63, 3.8) is 0 Å². The molecular weight excluding hydrogens is 342 g/mol. The summed E-state index contributed by atoms with van der Waals surface area (Å²) >= 11 is 0. The molecule has 2 aromatic heterocycles. The van der Waals surface area contributed by atoms with Gasteiger partial charge in [0.05, 0.1) is 11.6 Å². The highest BCUT2D eigenvalue weighted by atomic mass is 16.5. The molecule has 27 heavy (non-hydrogen) atoms. The van der Waals surface area contributed by atoms with Gasteiger partial charge >= 0.3 is 0 Å². The lowest BCUT2D eigenvalue weighted by Gasteiger charge is -2.33. The number of hydrogen-bond donors (Lipinski definition) is 1. The molecule has 1 amide bonds. The minimum absolute atomic E-state index is 0.0558. The van der Waals surface area contributed by atoms with E-state index in [0.29, 0.717) is 12.3 Å². The number of aryl methyl sites for hydroxylation is 2. The molecule has 0 radical (unpaired) electrons. The van der Waals surface area contributed by atoms with Crippen LogP contribution in [0.4, 0.5) is 11.5 Å². The Balaban J connectivity index is 1.52. The second-order valence-electron chi connectivity index (χ2n) is 6.97. The van der Waals surface area contributed by atoms with E-state index in [0.717, 1.165) is 48.4 Å². The van der Waals surface area contributed by atoms with Crippen molar-refractivity contribution < 1.29 is 9.32 Å². The Hall–Kier alpha value is -2.96. The van der Waals surface area contributed by atoms with E-state index in [2.05, 4.69) is 38.3 Å². The van der Waals surface area contributed by atoms with Crippen molar-refractivity contribution in [3.8, 4) is 0 Å². The first-order valence-electron chi connectivity index (χ1n) is 9.37. The zero-order valence-electron chi connectivity index (χ0n) is 15.6. The lowest BCUT2D eigenvalue weighted by Crippen LogP contribution is -2.41. The number of piperidine rings is 1. The highest BCUT2D eigenvalue weighted by Gasteiger charge is 2.28. The molecule has 7 nitrogen and oxygen atoms in total. The molecule has 0 spiro atoms. The predicted molar refractivity (Wildman–Crippen MR) is 104 cm³/mol. The van der Waals surface area contributed by atoms with Crippen LogP contribution in [0, 0.1) is 12.8 Å². The quantitative estimate of drug-likeness (QED) is 0.763. The third-order valence-corrected chi connectivity index (χ3v) is 5.12. The molecule has 1 fully saturated rings. The van der Waals surface area contributed by atoms with Gasteiger partial charge in [0.2, 0.25) is 5.91 Å². The van der Waals surface area contributed by atoms with Gasteiger partial charge < -0.3 is 14.7 Å². The summed E-state index contributed by atoms with van der Waals surface area (Å²) in [5, 5.41) is 7.89. The summed E-state index contributed by atoms with van der Waals surface area (Å²) in [5.74, 6) is 0.763. The number of fused-ring (bicyclic) bond motifs is 1. The summed E-state index contributed by atoms with van der Waals surface area (Å²) in [7, 11) is 0. The van der Waals surface area contributed by atoms with E-state index in [1.807, 2.05) is 25.1 Å². The number of nitrogens with zero attached hydrogens (tertiary/aromatic N) is 4. The van der Waals surface area contributed by atoms with E-state index in [-0.39, 0.29) is 11.8 Å². The molecule has 3 aromatic rings. The fourth-order valence-corrected chi connectivity index (χ4v) is 3.64. The van der Waals surface area contributed by atoms with Crippen molar-refractivity contribution in [1.82, 2.24) is 15.1 Å². The summed E-state index contributed by atoms with van der Waals surface area (Å²) in [6.45, 7) is 5.46. The normalized spacial score (nSPS) is 17.3. The third-order valence-electron chi connectivity index (χ3n) is 5.12. The van der Waals surface area contributed by atoms with E-state index in [1.165, 1.54) is 11.9 Å². The van der Waals surface area contributed by atoms with Crippen molar-refractivity contribution in [1.29, 1.82) is 0 Å². The molecule has 1 aromatic carbocycles. The van der Waals surface area contributed by atoms with Crippen LogP contribution < -0.4 is 10.2 Å². The van der Waals surface area contributed by atoms with Crippen LogP contribution in [0.3, 0.4) is 0 Å². The number of benzene rings is 1. The number of carbonyl (C=O) groups excluding carboxylic acids is 1. The number of rotatable bonds is 4. The average molecular weight is 365 g/mol. The van der Waals surface area contributed by atoms with Gasteiger partial charge in [0.1, 0.15) is 17.5 Å². The van der Waals surface area contributed by atoms with Crippen molar-refractivity contribution in [2.75, 3.05) is 23.3 Å². The maximum absolute atomic E-state index is 12.8. The average Bonchev–Trinajstić information content (AvgIpc) is 3.09. The van der Waals surface area contributed by atoms with Crippen LogP contribution in [-0.4, -0.2) is 34.1 Å². The number of anilines is 2. The van der Waals surface area contributed by atoms with Gasteiger partial charge in [0.15, 0.2) is 0 Å². The maximum Gasteiger partial charge on any atom is 0.263 e. The maximum atomic E-state index is 12.8. The Morgan fingerprint density at radius 2 is 2.26 bits per heavy atom. The number of hydrogen-bond acceptors (Lipinski definition) is 6. The Bertz CT molecular complexity index is 968. The van der Waals surface area contributed by atoms with Gasteiger partial charge in [-0.3, -0.25) is 4.79 Å². The monoisotopic (exact) mass is 365 g/mol. The molecule has 1 saturated heterocycles. The van der Waals surface area contributed by atoms with Crippen molar-refractivity contribution in [3.05, 3.63) is 41.9 Å². The standard InChI is InChI=1S/C20H23N5O2/c1-3-14-6-4-8-16(10-14)23-19(26)15-7-5-9-25(11-15)18-17-13(2)24-27-20(17)22-12-21-18/h4,6,8,10,12,15H,3,5,7,9,11H2,1-2H3,(H,23,26)/t15-/m0/s1. The second-order valence-corrected chi connectivity index (χ2v) is 6.97. The van der Waals surface area contributed by atoms with Crippen LogP contribution in [0.15, 0.2) is 35.1 Å². The molecule has 1 aliphatic rings. The number of aromatic nitrogens is 3. The van der Waals surface area contributed by atoms with Crippen molar-refractivity contribution in [2.24, 2.45) is 5.92 Å². The fourth-order valence-electron chi connectivity index (χ4n) is 3.64. The van der Waals surface area contributed by atoms with E-state index in [9.17, 15) is 4.79 Å². The first kappa shape index (κ1) is 17.5. The van der Waals surface area contributed by atoms with Crippen molar-refractivity contribution in [2.45, 2.75) is 33.1 Å². The van der Waals surface area contributed by atoms with Gasteiger partial charge in [-0.1, -0.05) is 24.2 Å². The third kappa shape index (κ3) is 3.49. The Morgan fingerprint density at radius 3 is 3.11 bits per heavy atom. The molecule has 0 bridgehead atoms. The largest absolute Gasteiger partial charge is 0.355 e. The summed E-state index contributed by atoms with van der Waals surface area (Å²) in [6.07, 6.45) is 4.24. The van der Waals surface area contributed by atoms with E-state index in [1.54, 1.807) is 0 Å². The zero-order chi connectivity index (χ0) is 18.8.